The summed E-state index contributed by atoms with van der Waals surface area (Å²) >= 11 is 4.71. The first-order valence-corrected chi connectivity index (χ1v) is 15.2. The minimum atomic E-state index is -3.89. The van der Waals surface area contributed by atoms with E-state index in [-0.39, 0.29) is 8.80 Å². The molecular formula is C25H38ClF3OSi. The first-order chi connectivity index (χ1) is 14.8. The van der Waals surface area contributed by atoms with Gasteiger partial charge in [0.1, 0.15) is 0 Å². The predicted molar refractivity (Wildman–Crippen MR) is 125 cm³/mol. The summed E-state index contributed by atoms with van der Waals surface area (Å²) < 4.78 is 43.4. The summed E-state index contributed by atoms with van der Waals surface area (Å²) in [6.45, 7) is 2.34. The summed E-state index contributed by atoms with van der Waals surface area (Å²) in [6.07, 6.45) is 14.2. The van der Waals surface area contributed by atoms with Crippen LogP contribution in [0.3, 0.4) is 0 Å². The second kappa shape index (κ2) is 12.0. The lowest BCUT2D eigenvalue weighted by Crippen LogP contribution is -2.28. The molecule has 2 fully saturated rings. The number of alkyl halides is 3. The zero-order valence-electron chi connectivity index (χ0n) is 18.9. The van der Waals surface area contributed by atoms with Crippen molar-refractivity contribution in [2.45, 2.75) is 101 Å². The highest BCUT2D eigenvalue weighted by atomic mass is 35.5. The number of rotatable bonds is 10. The Bertz CT molecular complexity index is 665. The number of ether oxygens (including phenoxy) is 1. The second-order valence-electron chi connectivity index (χ2n) is 9.91. The first kappa shape index (κ1) is 24.9. The lowest BCUT2D eigenvalue weighted by atomic mass is 9.73. The number of halogens is 4. The predicted octanol–water partition coefficient (Wildman–Crippen LogP) is 8.56. The van der Waals surface area contributed by atoms with Gasteiger partial charge in [-0.1, -0.05) is 76.1 Å². The third-order valence-electron chi connectivity index (χ3n) is 7.70. The first-order valence-electron chi connectivity index (χ1n) is 12.4. The monoisotopic (exact) mass is 474 g/mol. The summed E-state index contributed by atoms with van der Waals surface area (Å²) in [4.78, 5) is 0. The SMILES string of the molecule is CCC[SiH]1CCC(C2CCC(CCCCc3ccc(OC(F)(F)Cl)c(F)c3)CC2)CC1. The molecule has 1 nitrogen and oxygen atoms in total. The Balaban J connectivity index is 1.31. The van der Waals surface area contributed by atoms with Gasteiger partial charge in [-0.2, -0.15) is 0 Å². The zero-order valence-corrected chi connectivity index (χ0v) is 20.8. The molecule has 0 N–H and O–H groups in total. The molecule has 1 aromatic carbocycles. The summed E-state index contributed by atoms with van der Waals surface area (Å²) in [5.41, 5.74) is -3.08. The molecule has 1 aliphatic carbocycles. The van der Waals surface area contributed by atoms with Crippen molar-refractivity contribution >= 4 is 20.4 Å². The number of hydrogen-bond donors (Lipinski definition) is 0. The molecule has 1 saturated heterocycles. The van der Waals surface area contributed by atoms with Crippen LogP contribution < -0.4 is 4.74 Å². The standard InChI is InChI=1S/C25H38ClF3OSi/c1-2-15-31-16-13-22(14-17-31)21-10-7-19(8-11-21)5-3-4-6-20-9-12-24(23(27)18-20)30-25(26,28)29/h9,12,18-19,21-22,31H,2-8,10-11,13-17H2,1H3. The van der Waals surface area contributed by atoms with Crippen LogP contribution in [0.2, 0.25) is 18.1 Å². The molecule has 1 aromatic rings. The Morgan fingerprint density at radius 1 is 1.03 bits per heavy atom. The average molecular weight is 475 g/mol. The van der Waals surface area contributed by atoms with Gasteiger partial charge in [0.2, 0.25) is 0 Å². The van der Waals surface area contributed by atoms with Crippen LogP contribution in [-0.2, 0) is 6.42 Å². The molecule has 1 saturated carbocycles. The van der Waals surface area contributed by atoms with Gasteiger partial charge in [-0.25, -0.2) is 4.39 Å². The molecule has 0 aromatic heterocycles. The van der Waals surface area contributed by atoms with E-state index in [0.29, 0.717) is 0 Å². The molecule has 0 atom stereocenters. The fourth-order valence-corrected chi connectivity index (χ4v) is 9.54. The molecule has 0 spiro atoms. The summed E-state index contributed by atoms with van der Waals surface area (Å²) in [5.74, 6) is 1.55. The van der Waals surface area contributed by atoms with Gasteiger partial charge < -0.3 is 4.74 Å². The highest BCUT2D eigenvalue weighted by molar-refractivity contribution is 6.58. The lowest BCUT2D eigenvalue weighted by molar-refractivity contribution is -0.0984. The molecule has 31 heavy (non-hydrogen) atoms. The van der Waals surface area contributed by atoms with E-state index < -0.39 is 17.1 Å². The number of benzene rings is 1. The number of unbranched alkanes of at least 4 members (excludes halogenated alkanes) is 1. The smallest absolute Gasteiger partial charge is 0.417 e. The van der Waals surface area contributed by atoms with Crippen LogP contribution >= 0.6 is 11.6 Å². The van der Waals surface area contributed by atoms with Gasteiger partial charge in [0.05, 0.1) is 0 Å². The van der Waals surface area contributed by atoms with E-state index in [9.17, 15) is 13.2 Å². The Kier molecular flexibility index (Phi) is 9.63. The molecule has 2 aliphatic rings. The van der Waals surface area contributed by atoms with Gasteiger partial charge >= 0.3 is 5.57 Å². The molecule has 6 heteroatoms. The Hall–Kier alpha value is -0.683. The Morgan fingerprint density at radius 2 is 1.71 bits per heavy atom. The maximum atomic E-state index is 13.9. The zero-order chi connectivity index (χ0) is 22.3. The van der Waals surface area contributed by atoms with Crippen molar-refractivity contribution in [3.63, 3.8) is 0 Å². The highest BCUT2D eigenvalue weighted by Gasteiger charge is 2.31. The third-order valence-corrected chi connectivity index (χ3v) is 11.5. The van der Waals surface area contributed by atoms with Crippen LogP contribution in [0, 0.1) is 23.6 Å². The van der Waals surface area contributed by atoms with Crippen LogP contribution in [-0.4, -0.2) is 14.4 Å². The summed E-state index contributed by atoms with van der Waals surface area (Å²) in [5, 5.41) is 0. The summed E-state index contributed by atoms with van der Waals surface area (Å²) in [7, 11) is -0.362. The van der Waals surface area contributed by atoms with Gasteiger partial charge in [-0.15, -0.1) is 8.78 Å². The molecule has 0 radical (unpaired) electrons. The molecule has 0 amide bonds. The fraction of sp³-hybridized carbons (Fsp3) is 0.760. The fourth-order valence-electron chi connectivity index (χ4n) is 5.97. The van der Waals surface area contributed by atoms with E-state index in [1.807, 2.05) is 0 Å². The maximum absolute atomic E-state index is 13.9. The Morgan fingerprint density at radius 3 is 2.32 bits per heavy atom. The maximum Gasteiger partial charge on any atom is 0.487 e. The van der Waals surface area contributed by atoms with E-state index in [1.165, 1.54) is 63.5 Å². The van der Waals surface area contributed by atoms with Gasteiger partial charge in [0.15, 0.2) is 11.6 Å². The molecule has 0 unspecified atom stereocenters. The normalized spacial score (nSPS) is 27.3. The molecule has 0 bridgehead atoms. The van der Waals surface area contributed by atoms with Crippen molar-refractivity contribution in [3.05, 3.63) is 29.6 Å². The van der Waals surface area contributed by atoms with Crippen molar-refractivity contribution in [1.29, 1.82) is 0 Å². The van der Waals surface area contributed by atoms with E-state index in [2.05, 4.69) is 11.7 Å². The minimum absolute atomic E-state index is 0.362. The van der Waals surface area contributed by atoms with Crippen molar-refractivity contribution in [2.24, 2.45) is 17.8 Å². The largest absolute Gasteiger partial charge is 0.487 e. The van der Waals surface area contributed by atoms with Crippen LogP contribution in [0.15, 0.2) is 18.2 Å². The van der Waals surface area contributed by atoms with Gasteiger partial charge in [-0.05, 0) is 61.1 Å². The van der Waals surface area contributed by atoms with Crippen molar-refractivity contribution in [2.75, 3.05) is 0 Å². The molecule has 3 rings (SSSR count). The van der Waals surface area contributed by atoms with Crippen molar-refractivity contribution < 1.29 is 17.9 Å². The minimum Gasteiger partial charge on any atom is -0.417 e. The second-order valence-corrected chi connectivity index (χ2v) is 13.8. The van der Waals surface area contributed by atoms with Crippen LogP contribution in [0.5, 0.6) is 5.75 Å². The highest BCUT2D eigenvalue weighted by Crippen LogP contribution is 2.42. The van der Waals surface area contributed by atoms with E-state index in [0.717, 1.165) is 42.6 Å². The van der Waals surface area contributed by atoms with Crippen molar-refractivity contribution in [1.82, 2.24) is 0 Å². The van der Waals surface area contributed by atoms with Gasteiger partial charge in [-0.3, -0.25) is 0 Å². The van der Waals surface area contributed by atoms with E-state index in [1.54, 1.807) is 24.2 Å². The lowest BCUT2D eigenvalue weighted by Gasteiger charge is -2.37. The molecule has 1 heterocycles. The summed E-state index contributed by atoms with van der Waals surface area (Å²) in [6, 6.07) is 8.92. The van der Waals surface area contributed by atoms with Crippen LogP contribution in [0.1, 0.15) is 76.7 Å². The van der Waals surface area contributed by atoms with Gasteiger partial charge in [0.25, 0.3) is 0 Å². The van der Waals surface area contributed by atoms with Gasteiger partial charge in [0, 0.05) is 20.4 Å². The number of hydrogen-bond acceptors (Lipinski definition) is 1. The molecular weight excluding hydrogens is 437 g/mol. The molecule has 1 aliphatic heterocycles. The van der Waals surface area contributed by atoms with Crippen LogP contribution in [0.25, 0.3) is 0 Å². The van der Waals surface area contributed by atoms with E-state index in [4.69, 9.17) is 11.6 Å². The average Bonchev–Trinajstić information content (AvgIpc) is 2.73. The molecule has 176 valence electrons. The van der Waals surface area contributed by atoms with Crippen molar-refractivity contribution in [3.8, 4) is 5.75 Å². The Labute approximate surface area is 192 Å². The van der Waals surface area contributed by atoms with E-state index >= 15 is 0 Å². The third kappa shape index (κ3) is 8.31. The van der Waals surface area contributed by atoms with Crippen LogP contribution in [0.4, 0.5) is 13.2 Å². The number of aryl methyl sites for hydroxylation is 1. The quantitative estimate of drug-likeness (QED) is 0.187. The topological polar surface area (TPSA) is 9.23 Å².